The molecule has 1 aliphatic rings. The van der Waals surface area contributed by atoms with E-state index in [9.17, 15) is 5.11 Å². The molecule has 1 saturated carbocycles. The monoisotopic (exact) mass is 198 g/mol. The second kappa shape index (κ2) is 5.16. The SMILES string of the molecule is CCCC1CCC(O)(CC(C)C)CC1. The van der Waals surface area contributed by atoms with E-state index < -0.39 is 0 Å². The second-order valence-electron chi connectivity index (χ2n) is 5.55. The van der Waals surface area contributed by atoms with Gasteiger partial charge in [0.25, 0.3) is 0 Å². The lowest BCUT2D eigenvalue weighted by molar-refractivity contribution is -0.0268. The molecule has 0 aromatic rings. The molecule has 0 spiro atoms. The van der Waals surface area contributed by atoms with Gasteiger partial charge in [0.15, 0.2) is 0 Å². The molecule has 1 fully saturated rings. The highest BCUT2D eigenvalue weighted by atomic mass is 16.3. The maximum Gasteiger partial charge on any atom is 0.0650 e. The Morgan fingerprint density at radius 2 is 1.86 bits per heavy atom. The van der Waals surface area contributed by atoms with Crippen LogP contribution in [-0.2, 0) is 0 Å². The zero-order valence-electron chi connectivity index (χ0n) is 10.1. The first-order valence-electron chi connectivity index (χ1n) is 6.28. The van der Waals surface area contributed by atoms with Crippen molar-refractivity contribution in [2.45, 2.75) is 71.3 Å². The van der Waals surface area contributed by atoms with Crippen molar-refractivity contribution in [3.05, 3.63) is 0 Å². The van der Waals surface area contributed by atoms with Crippen LogP contribution in [0, 0.1) is 11.8 Å². The van der Waals surface area contributed by atoms with Crippen molar-refractivity contribution in [1.82, 2.24) is 0 Å². The Morgan fingerprint density at radius 1 is 1.29 bits per heavy atom. The van der Waals surface area contributed by atoms with Crippen molar-refractivity contribution < 1.29 is 5.11 Å². The molecule has 0 radical (unpaired) electrons. The zero-order chi connectivity index (χ0) is 10.6. The predicted molar refractivity (Wildman–Crippen MR) is 61.3 cm³/mol. The summed E-state index contributed by atoms with van der Waals surface area (Å²) in [6, 6.07) is 0. The standard InChI is InChI=1S/C13H26O/c1-4-5-12-6-8-13(14,9-7-12)10-11(2)3/h11-12,14H,4-10H2,1-3H3. The molecule has 1 N–H and O–H groups in total. The van der Waals surface area contributed by atoms with Crippen LogP contribution in [0.4, 0.5) is 0 Å². The lowest BCUT2D eigenvalue weighted by Gasteiger charge is -2.37. The first-order chi connectivity index (χ1) is 6.56. The summed E-state index contributed by atoms with van der Waals surface area (Å²) in [4.78, 5) is 0. The summed E-state index contributed by atoms with van der Waals surface area (Å²) in [6.07, 6.45) is 8.22. The molecule has 0 aliphatic heterocycles. The number of hydrogen-bond donors (Lipinski definition) is 1. The molecule has 14 heavy (non-hydrogen) atoms. The van der Waals surface area contributed by atoms with E-state index in [1.165, 1.54) is 25.7 Å². The van der Waals surface area contributed by atoms with Crippen LogP contribution in [0.3, 0.4) is 0 Å². The summed E-state index contributed by atoms with van der Waals surface area (Å²) in [5.74, 6) is 1.52. The molecule has 0 bridgehead atoms. The molecule has 1 nitrogen and oxygen atoms in total. The van der Waals surface area contributed by atoms with Crippen LogP contribution in [0.5, 0.6) is 0 Å². The van der Waals surface area contributed by atoms with Crippen LogP contribution in [0.15, 0.2) is 0 Å². The molecule has 1 aliphatic carbocycles. The largest absolute Gasteiger partial charge is 0.390 e. The van der Waals surface area contributed by atoms with Crippen molar-refractivity contribution >= 4 is 0 Å². The lowest BCUT2D eigenvalue weighted by Crippen LogP contribution is -2.35. The van der Waals surface area contributed by atoms with Crippen LogP contribution in [-0.4, -0.2) is 10.7 Å². The fourth-order valence-electron chi connectivity index (χ4n) is 2.88. The Hall–Kier alpha value is -0.0400. The van der Waals surface area contributed by atoms with Gasteiger partial charge < -0.3 is 5.11 Å². The van der Waals surface area contributed by atoms with E-state index in [1.54, 1.807) is 0 Å². The maximum absolute atomic E-state index is 10.3. The van der Waals surface area contributed by atoms with E-state index in [0.717, 1.165) is 25.2 Å². The smallest absolute Gasteiger partial charge is 0.0650 e. The molecule has 0 saturated heterocycles. The Labute approximate surface area is 88.9 Å². The minimum atomic E-state index is -0.321. The van der Waals surface area contributed by atoms with Gasteiger partial charge in [0.1, 0.15) is 0 Å². The first-order valence-corrected chi connectivity index (χ1v) is 6.28. The molecule has 1 rings (SSSR count). The molecule has 84 valence electrons. The second-order valence-corrected chi connectivity index (χ2v) is 5.55. The normalized spacial score (nSPS) is 33.6. The van der Waals surface area contributed by atoms with E-state index in [0.29, 0.717) is 5.92 Å². The quantitative estimate of drug-likeness (QED) is 0.729. The zero-order valence-corrected chi connectivity index (χ0v) is 10.1. The molecule has 0 aromatic carbocycles. The number of rotatable bonds is 4. The highest BCUT2D eigenvalue weighted by Crippen LogP contribution is 2.37. The summed E-state index contributed by atoms with van der Waals surface area (Å²) in [5, 5.41) is 10.3. The third kappa shape index (κ3) is 3.61. The van der Waals surface area contributed by atoms with Crippen LogP contribution in [0.1, 0.15) is 65.7 Å². The average Bonchev–Trinajstić information content (AvgIpc) is 2.08. The average molecular weight is 198 g/mol. The van der Waals surface area contributed by atoms with Crippen molar-refractivity contribution in [1.29, 1.82) is 0 Å². The Balaban J connectivity index is 2.33. The van der Waals surface area contributed by atoms with Gasteiger partial charge in [-0.1, -0.05) is 33.6 Å². The Morgan fingerprint density at radius 3 is 2.29 bits per heavy atom. The van der Waals surface area contributed by atoms with Gasteiger partial charge in [-0.3, -0.25) is 0 Å². The number of hydrogen-bond acceptors (Lipinski definition) is 1. The van der Waals surface area contributed by atoms with Crippen molar-refractivity contribution in [3.8, 4) is 0 Å². The summed E-state index contributed by atoms with van der Waals surface area (Å²) in [7, 11) is 0. The van der Waals surface area contributed by atoms with E-state index in [4.69, 9.17) is 0 Å². The van der Waals surface area contributed by atoms with Gasteiger partial charge in [-0.2, -0.15) is 0 Å². The molecule has 0 heterocycles. The van der Waals surface area contributed by atoms with Crippen LogP contribution < -0.4 is 0 Å². The van der Waals surface area contributed by atoms with Crippen molar-refractivity contribution in [3.63, 3.8) is 0 Å². The van der Waals surface area contributed by atoms with Gasteiger partial charge in [0.05, 0.1) is 5.60 Å². The van der Waals surface area contributed by atoms with Crippen LogP contribution >= 0.6 is 0 Å². The molecule has 0 aromatic heterocycles. The topological polar surface area (TPSA) is 20.2 Å². The summed E-state index contributed by atoms with van der Waals surface area (Å²) in [6.45, 7) is 6.67. The summed E-state index contributed by atoms with van der Waals surface area (Å²) in [5.41, 5.74) is -0.321. The molecular weight excluding hydrogens is 172 g/mol. The van der Waals surface area contributed by atoms with Gasteiger partial charge in [-0.25, -0.2) is 0 Å². The summed E-state index contributed by atoms with van der Waals surface area (Å²) < 4.78 is 0. The predicted octanol–water partition coefficient (Wildman–Crippen LogP) is 3.75. The highest BCUT2D eigenvalue weighted by molar-refractivity contribution is 4.86. The van der Waals surface area contributed by atoms with Gasteiger partial charge in [-0.05, 0) is 43.9 Å². The number of aliphatic hydroxyl groups is 1. The van der Waals surface area contributed by atoms with E-state index in [-0.39, 0.29) is 5.60 Å². The van der Waals surface area contributed by atoms with Crippen LogP contribution in [0.25, 0.3) is 0 Å². The lowest BCUT2D eigenvalue weighted by atomic mass is 9.74. The summed E-state index contributed by atoms with van der Waals surface area (Å²) >= 11 is 0. The minimum Gasteiger partial charge on any atom is -0.390 e. The fraction of sp³-hybridized carbons (Fsp3) is 1.00. The first kappa shape index (κ1) is 12.0. The molecule has 0 atom stereocenters. The van der Waals surface area contributed by atoms with Crippen molar-refractivity contribution in [2.75, 3.05) is 0 Å². The van der Waals surface area contributed by atoms with E-state index >= 15 is 0 Å². The van der Waals surface area contributed by atoms with Gasteiger partial charge >= 0.3 is 0 Å². The molecule has 0 amide bonds. The van der Waals surface area contributed by atoms with E-state index in [2.05, 4.69) is 20.8 Å². The minimum absolute atomic E-state index is 0.321. The van der Waals surface area contributed by atoms with Gasteiger partial charge in [-0.15, -0.1) is 0 Å². The molecule has 1 heteroatoms. The fourth-order valence-corrected chi connectivity index (χ4v) is 2.88. The Bertz CT molecular complexity index is 155. The maximum atomic E-state index is 10.3. The third-order valence-electron chi connectivity index (χ3n) is 3.52. The molecule has 0 unspecified atom stereocenters. The van der Waals surface area contributed by atoms with Gasteiger partial charge in [0.2, 0.25) is 0 Å². The highest BCUT2D eigenvalue weighted by Gasteiger charge is 2.32. The van der Waals surface area contributed by atoms with E-state index in [1.807, 2.05) is 0 Å². The third-order valence-corrected chi connectivity index (χ3v) is 3.52. The van der Waals surface area contributed by atoms with Crippen LogP contribution in [0.2, 0.25) is 0 Å². The molecular formula is C13H26O. The van der Waals surface area contributed by atoms with Crippen molar-refractivity contribution in [2.24, 2.45) is 11.8 Å². The Kier molecular flexibility index (Phi) is 4.43. The van der Waals surface area contributed by atoms with Gasteiger partial charge in [0, 0.05) is 0 Å².